The number of hydrogen-bond acceptors (Lipinski definition) is 4. The number of aryl methyl sites for hydroxylation is 1. The molecule has 1 aliphatic heterocycles. The molecule has 2 aromatic carbocycles. The summed E-state index contributed by atoms with van der Waals surface area (Å²) in [4.78, 5) is 15.3. The number of anilines is 1. The fraction of sp³-hybridized carbons (Fsp3) is 0.364. The number of likely N-dealkylation sites (tertiary alicyclic amines) is 1. The Kier molecular flexibility index (Phi) is 7.34. The van der Waals surface area contributed by atoms with Gasteiger partial charge in [0, 0.05) is 29.4 Å². The molecule has 1 aliphatic rings. The fourth-order valence-corrected chi connectivity index (χ4v) is 3.74. The maximum atomic E-state index is 12.3. The van der Waals surface area contributed by atoms with Crippen LogP contribution in [0.1, 0.15) is 30.4 Å². The van der Waals surface area contributed by atoms with Crippen LogP contribution in [0.5, 0.6) is 11.5 Å². The van der Waals surface area contributed by atoms with E-state index in [1.54, 1.807) is 25.3 Å². The summed E-state index contributed by atoms with van der Waals surface area (Å²) in [6.07, 6.45) is 3.59. The van der Waals surface area contributed by atoms with Crippen molar-refractivity contribution in [3.8, 4) is 11.5 Å². The number of amides is 1. The number of hydrogen-bond donors (Lipinski definition) is 1. The van der Waals surface area contributed by atoms with Gasteiger partial charge in [0.1, 0.15) is 4.99 Å². The molecule has 0 unspecified atom stereocenters. The minimum atomic E-state index is -0.273. The first kappa shape index (κ1) is 21.4. The van der Waals surface area contributed by atoms with Crippen molar-refractivity contribution in [2.75, 3.05) is 32.1 Å². The molecule has 0 atom stereocenters. The lowest BCUT2D eigenvalue weighted by atomic mass is 10.1. The van der Waals surface area contributed by atoms with Crippen molar-refractivity contribution in [2.24, 2.45) is 0 Å². The first-order valence-corrected chi connectivity index (χ1v) is 10.4. The summed E-state index contributed by atoms with van der Waals surface area (Å²) in [6.45, 7) is 3.74. The summed E-state index contributed by atoms with van der Waals surface area (Å²) in [6, 6.07) is 10.9. The normalized spacial score (nSPS) is 13.7. The molecular weight excluding hydrogens is 408 g/mol. The van der Waals surface area contributed by atoms with E-state index in [1.807, 2.05) is 25.1 Å². The van der Waals surface area contributed by atoms with E-state index in [4.69, 9.17) is 33.3 Å². The van der Waals surface area contributed by atoms with Gasteiger partial charge in [0.15, 0.2) is 18.1 Å². The summed E-state index contributed by atoms with van der Waals surface area (Å²) >= 11 is 11.6. The smallest absolute Gasteiger partial charge is 0.262 e. The Morgan fingerprint density at radius 3 is 2.62 bits per heavy atom. The summed E-state index contributed by atoms with van der Waals surface area (Å²) < 4.78 is 11.1. The molecule has 1 saturated heterocycles. The average molecular weight is 433 g/mol. The van der Waals surface area contributed by atoms with Gasteiger partial charge in [-0.25, -0.2) is 0 Å². The van der Waals surface area contributed by atoms with Crippen LogP contribution >= 0.6 is 23.8 Å². The lowest BCUT2D eigenvalue weighted by molar-refractivity contribution is -0.118. The van der Waals surface area contributed by atoms with Crippen LogP contribution in [0.3, 0.4) is 0 Å². The van der Waals surface area contributed by atoms with Crippen LogP contribution in [0.15, 0.2) is 36.4 Å². The molecular formula is C22H25ClN2O3S. The minimum absolute atomic E-state index is 0.141. The van der Waals surface area contributed by atoms with Crippen LogP contribution in [-0.2, 0) is 4.79 Å². The predicted octanol–water partition coefficient (Wildman–Crippen LogP) is 4.84. The van der Waals surface area contributed by atoms with Gasteiger partial charge < -0.3 is 19.7 Å². The number of carbonyl (C=O) groups is 1. The molecule has 7 heteroatoms. The van der Waals surface area contributed by atoms with Crippen molar-refractivity contribution in [2.45, 2.75) is 26.2 Å². The Morgan fingerprint density at radius 2 is 1.90 bits per heavy atom. The molecule has 0 aromatic heterocycles. The standard InChI is InChI=1S/C22H25ClN2O3S/c1-15-6-8-17(23)13-18(15)24-21(26)14-28-19-9-7-16(12-20(19)27-2)22(29)25-10-4-3-5-11-25/h6-9,12-13H,3-5,10-11,14H2,1-2H3,(H,24,26). The molecule has 29 heavy (non-hydrogen) atoms. The third kappa shape index (κ3) is 5.61. The van der Waals surface area contributed by atoms with Gasteiger partial charge >= 0.3 is 0 Å². The summed E-state index contributed by atoms with van der Waals surface area (Å²) in [5.74, 6) is 0.773. The van der Waals surface area contributed by atoms with Crippen LogP contribution in [0.4, 0.5) is 5.69 Å². The monoisotopic (exact) mass is 432 g/mol. The zero-order valence-corrected chi connectivity index (χ0v) is 18.2. The summed E-state index contributed by atoms with van der Waals surface area (Å²) in [5, 5.41) is 3.38. The summed E-state index contributed by atoms with van der Waals surface area (Å²) in [7, 11) is 1.57. The Labute approximate surface area is 181 Å². The van der Waals surface area contributed by atoms with Crippen molar-refractivity contribution >= 4 is 40.4 Å². The predicted molar refractivity (Wildman–Crippen MR) is 120 cm³/mol. The number of rotatable bonds is 6. The van der Waals surface area contributed by atoms with Crippen molar-refractivity contribution in [1.29, 1.82) is 0 Å². The van der Waals surface area contributed by atoms with Crippen LogP contribution in [-0.4, -0.2) is 42.6 Å². The Morgan fingerprint density at radius 1 is 1.14 bits per heavy atom. The van der Waals surface area contributed by atoms with Gasteiger partial charge in [-0.15, -0.1) is 0 Å². The van der Waals surface area contributed by atoms with Gasteiger partial charge in [-0.3, -0.25) is 4.79 Å². The van der Waals surface area contributed by atoms with E-state index in [0.717, 1.165) is 29.2 Å². The number of nitrogens with one attached hydrogen (secondary N) is 1. The Hall–Kier alpha value is -2.31. The van der Waals surface area contributed by atoms with E-state index in [-0.39, 0.29) is 12.5 Å². The Balaban J connectivity index is 1.63. The van der Waals surface area contributed by atoms with E-state index in [0.29, 0.717) is 22.2 Å². The number of methoxy groups -OCH3 is 1. The first-order chi connectivity index (χ1) is 14.0. The molecule has 0 saturated carbocycles. The second-order valence-corrected chi connectivity index (χ2v) is 7.84. The molecule has 1 amide bonds. The zero-order valence-electron chi connectivity index (χ0n) is 16.7. The molecule has 1 heterocycles. The molecule has 1 fully saturated rings. The quantitative estimate of drug-likeness (QED) is 0.662. The van der Waals surface area contributed by atoms with Gasteiger partial charge in [-0.1, -0.05) is 29.9 Å². The highest BCUT2D eigenvalue weighted by atomic mass is 35.5. The largest absolute Gasteiger partial charge is 0.493 e. The van der Waals surface area contributed by atoms with Crippen molar-refractivity contribution in [1.82, 2.24) is 4.90 Å². The van der Waals surface area contributed by atoms with Crippen molar-refractivity contribution in [3.05, 3.63) is 52.5 Å². The van der Waals surface area contributed by atoms with Gasteiger partial charge in [0.25, 0.3) is 5.91 Å². The van der Waals surface area contributed by atoms with E-state index in [2.05, 4.69) is 10.2 Å². The summed E-state index contributed by atoms with van der Waals surface area (Å²) in [5.41, 5.74) is 2.52. The maximum Gasteiger partial charge on any atom is 0.262 e. The SMILES string of the molecule is COc1cc(C(=S)N2CCCCC2)ccc1OCC(=O)Nc1cc(Cl)ccc1C. The number of benzene rings is 2. The number of piperidine rings is 1. The highest BCUT2D eigenvalue weighted by Gasteiger charge is 2.17. The van der Waals surface area contributed by atoms with Gasteiger partial charge in [-0.2, -0.15) is 0 Å². The molecule has 0 spiro atoms. The highest BCUT2D eigenvalue weighted by Crippen LogP contribution is 2.29. The van der Waals surface area contributed by atoms with Gasteiger partial charge in [0.05, 0.1) is 7.11 Å². The fourth-order valence-electron chi connectivity index (χ4n) is 3.26. The van der Waals surface area contributed by atoms with Crippen LogP contribution in [0.25, 0.3) is 0 Å². The van der Waals surface area contributed by atoms with Gasteiger partial charge in [-0.05, 0) is 62.1 Å². The molecule has 3 rings (SSSR count). The Bertz CT molecular complexity index is 898. The third-order valence-electron chi connectivity index (χ3n) is 4.89. The number of carbonyl (C=O) groups excluding carboxylic acids is 1. The second-order valence-electron chi connectivity index (χ2n) is 7.01. The molecule has 2 aromatic rings. The zero-order chi connectivity index (χ0) is 20.8. The number of thiocarbonyl (C=S) groups is 1. The molecule has 5 nitrogen and oxygen atoms in total. The maximum absolute atomic E-state index is 12.3. The average Bonchev–Trinajstić information content (AvgIpc) is 2.74. The molecule has 1 N–H and O–H groups in total. The molecule has 0 bridgehead atoms. The lowest BCUT2D eigenvalue weighted by Crippen LogP contribution is -2.34. The van der Waals surface area contributed by atoms with Crippen molar-refractivity contribution < 1.29 is 14.3 Å². The lowest BCUT2D eigenvalue weighted by Gasteiger charge is -2.29. The minimum Gasteiger partial charge on any atom is -0.493 e. The topological polar surface area (TPSA) is 50.8 Å². The van der Waals surface area contributed by atoms with Crippen LogP contribution in [0.2, 0.25) is 5.02 Å². The third-order valence-corrected chi connectivity index (χ3v) is 5.62. The second kappa shape index (κ2) is 9.94. The molecule has 0 aliphatic carbocycles. The van der Waals surface area contributed by atoms with E-state index in [1.165, 1.54) is 19.3 Å². The first-order valence-electron chi connectivity index (χ1n) is 9.64. The van der Waals surface area contributed by atoms with Crippen molar-refractivity contribution in [3.63, 3.8) is 0 Å². The number of nitrogens with zero attached hydrogens (tertiary/aromatic N) is 1. The van der Waals surface area contributed by atoms with E-state index >= 15 is 0 Å². The number of ether oxygens (including phenoxy) is 2. The van der Waals surface area contributed by atoms with Crippen LogP contribution in [0, 0.1) is 6.92 Å². The van der Waals surface area contributed by atoms with Gasteiger partial charge in [0.2, 0.25) is 0 Å². The molecule has 154 valence electrons. The van der Waals surface area contributed by atoms with E-state index in [9.17, 15) is 4.79 Å². The number of halogens is 1. The van der Waals surface area contributed by atoms with Crippen LogP contribution < -0.4 is 14.8 Å². The highest BCUT2D eigenvalue weighted by molar-refractivity contribution is 7.80. The van der Waals surface area contributed by atoms with E-state index < -0.39 is 0 Å². The molecule has 0 radical (unpaired) electrons.